The number of pyridine rings is 2. The summed E-state index contributed by atoms with van der Waals surface area (Å²) >= 11 is 21.0. The fourth-order valence-electron chi connectivity index (χ4n) is 16.1. The molecular weight excluding hydrogens is 1930 g/mol. The van der Waals surface area contributed by atoms with E-state index in [-0.39, 0.29) is 37.2 Å². The summed E-state index contributed by atoms with van der Waals surface area (Å²) in [6.07, 6.45) is 16.8. The average Bonchev–Trinajstić information content (AvgIpc) is 1.35. The number of aliphatic imine (C=N–C) groups is 4. The van der Waals surface area contributed by atoms with Crippen molar-refractivity contribution in [3.05, 3.63) is 320 Å². The van der Waals surface area contributed by atoms with Crippen molar-refractivity contribution in [2.75, 3.05) is 116 Å². The molecule has 146 heavy (non-hydrogen) atoms. The lowest BCUT2D eigenvalue weighted by Gasteiger charge is -2.13. The van der Waals surface area contributed by atoms with Crippen molar-refractivity contribution in [3.8, 4) is 28.7 Å². The van der Waals surface area contributed by atoms with E-state index in [4.69, 9.17) is 87.7 Å². The smallest absolute Gasteiger partial charge is 0.188 e. The first kappa shape index (κ1) is 103. The van der Waals surface area contributed by atoms with Gasteiger partial charge in [-0.3, -0.25) is 9.97 Å². The molecule has 20 rings (SSSR count). The minimum absolute atomic E-state index is 0.0482. The number of nitrogens with one attached hydrogen (secondary N) is 4. The molecule has 0 saturated heterocycles. The highest BCUT2D eigenvalue weighted by Crippen LogP contribution is 2.39. The summed E-state index contributed by atoms with van der Waals surface area (Å²) in [6, 6.07) is 63.4. The Labute approximate surface area is 864 Å². The normalized spacial score (nSPS) is 15.6. The molecule has 0 radical (unpaired) electrons. The molecule has 9 aromatic carbocycles. The summed E-state index contributed by atoms with van der Waals surface area (Å²) in [4.78, 5) is 73.7. The molecule has 0 bridgehead atoms. The third-order valence-corrected chi connectivity index (χ3v) is 25.5. The topological polar surface area (TPSA) is 343 Å². The van der Waals surface area contributed by atoms with Gasteiger partial charge >= 0.3 is 0 Å². The molecule has 4 unspecified atom stereocenters. The number of ether oxygens (including phenoxy) is 8. The lowest BCUT2D eigenvalue weighted by atomic mass is 10.1. The number of thiazole rings is 1. The average molecular weight is 2040 g/mol. The number of rotatable bonds is 37. The Kier molecular flexibility index (Phi) is 34.6. The number of benzene rings is 9. The fourth-order valence-corrected chi connectivity index (χ4v) is 17.3. The summed E-state index contributed by atoms with van der Waals surface area (Å²) in [5.41, 5.74) is 13.8. The molecule has 31 nitrogen and oxygen atoms in total. The lowest BCUT2D eigenvalue weighted by molar-refractivity contribution is 0.169. The van der Waals surface area contributed by atoms with Crippen LogP contribution >= 0.6 is 46.1 Å². The summed E-state index contributed by atoms with van der Waals surface area (Å²) in [6.45, 7) is 12.0. The first-order chi connectivity index (χ1) is 70.9. The van der Waals surface area contributed by atoms with Gasteiger partial charge in [-0.2, -0.15) is 0 Å². The van der Waals surface area contributed by atoms with Crippen LogP contribution in [-0.2, 0) is 64.5 Å². The van der Waals surface area contributed by atoms with Crippen LogP contribution in [0.4, 0.5) is 50.4 Å². The van der Waals surface area contributed by atoms with Crippen molar-refractivity contribution in [2.24, 2.45) is 20.0 Å². The van der Waals surface area contributed by atoms with E-state index in [9.17, 15) is 9.50 Å². The van der Waals surface area contributed by atoms with E-state index < -0.39 is 5.54 Å². The molecule has 0 amide bonds. The second-order valence-electron chi connectivity index (χ2n) is 36.6. The van der Waals surface area contributed by atoms with Gasteiger partial charge in [-0.25, -0.2) is 69.2 Å². The van der Waals surface area contributed by atoms with Crippen LogP contribution in [0, 0.1) is 19.7 Å². The zero-order chi connectivity index (χ0) is 101. The zero-order valence-electron chi connectivity index (χ0n) is 82.3. The number of aliphatic hydroxyl groups excluding tert-OH is 1. The first-order valence-corrected chi connectivity index (χ1v) is 49.8. The molecule has 4 aliphatic heterocycles. The first-order valence-electron chi connectivity index (χ1n) is 47.8. The third-order valence-electron chi connectivity index (χ3n) is 23.9. The number of anilines is 8. The molecule has 4 atom stereocenters. The Morgan fingerprint density at radius 1 is 0.418 bits per heavy atom. The standard InChI is InChI=1S/C29H29ClFN5O2.C29H32N6O2.C28H29ClN6O2.C24H22ClN5O3S/c1-36(2)11-10-23-17-38-28(34-23)14-19-6-8-26-24(13-19)29(33-18-32-26)35-22-7-9-27(25(30)15-22)37-16-20-4-3-5-21(31)12-20;1-19-13-22(7-10-27(19)37-24-8-5-20(2)30-16-24)34-29-25-14-21(6-9-26(25)31-18-32-29)15-28-33-23(17-36-28)11-12-35(3)4;1-35(2)12-10-22-17-37-27(33-22)14-19-6-8-25-23(13-19)28(32-18-31-25)34-20-7-9-26(24(29)15-20)36-16-21-5-3-4-11-30-21;1-24(12-31)13-33-21(30-24)9-15-2-4-19-17(8-15)23(28-14-27-19)29-16-3-5-20(18(25)10-16)32-11-22-26-6-7-34-22/h3-9,12-13,15,18,23H,10-11,14,16-17H2,1-2H3,(H,32,33,35);5-10,13-14,16,18,23H,11-12,15,17H2,1-4H3,(H,31,32,34);3-9,11,13,15,18,22H,10,12,14,16-17H2,1-2H3,(H,31,32,34);2-8,10,14,31H,9,11-13H2,1H3,(H,27,28,29). The highest BCUT2D eigenvalue weighted by Gasteiger charge is 2.32. The molecule has 0 saturated carbocycles. The Hall–Kier alpha value is -14.8. The molecule has 16 aromatic rings. The van der Waals surface area contributed by atoms with Gasteiger partial charge in [-0.1, -0.05) is 77.3 Å². The molecular formula is C110H112Cl3FN22O9S. The minimum atomic E-state index is -0.572. The summed E-state index contributed by atoms with van der Waals surface area (Å²) in [5, 5.41) is 30.8. The maximum atomic E-state index is 13.4. The number of hydrogen-bond donors (Lipinski definition) is 5. The van der Waals surface area contributed by atoms with Gasteiger partial charge in [0.2, 0.25) is 0 Å². The van der Waals surface area contributed by atoms with Gasteiger partial charge in [-0.15, -0.1) is 11.3 Å². The van der Waals surface area contributed by atoms with Gasteiger partial charge in [-0.05, 0) is 293 Å². The predicted molar refractivity (Wildman–Crippen MR) is 576 cm³/mol. The Morgan fingerprint density at radius 2 is 0.849 bits per heavy atom. The van der Waals surface area contributed by atoms with Gasteiger partial charge in [0.1, 0.15) is 140 Å². The highest BCUT2D eigenvalue weighted by atomic mass is 35.5. The minimum Gasteiger partial charge on any atom is -0.487 e. The van der Waals surface area contributed by atoms with Crippen LogP contribution in [0.3, 0.4) is 0 Å². The molecule has 750 valence electrons. The van der Waals surface area contributed by atoms with E-state index in [1.165, 1.54) is 36.1 Å². The van der Waals surface area contributed by atoms with Crippen molar-refractivity contribution in [1.29, 1.82) is 0 Å². The number of fused-ring (bicyclic) bond motifs is 4. The van der Waals surface area contributed by atoms with Crippen molar-refractivity contribution in [3.63, 3.8) is 0 Å². The predicted octanol–water partition coefficient (Wildman–Crippen LogP) is 21.6. The maximum Gasteiger partial charge on any atom is 0.188 e. The van der Waals surface area contributed by atoms with Crippen LogP contribution in [-0.4, -0.2) is 217 Å². The summed E-state index contributed by atoms with van der Waals surface area (Å²) in [7, 11) is 12.4. The van der Waals surface area contributed by atoms with Gasteiger partial charge in [0.25, 0.3) is 0 Å². The monoisotopic (exact) mass is 2040 g/mol. The number of aliphatic hydroxyl groups is 1. The SMILES string of the molecule is CC1(CO)COC(Cc2ccc3ncnc(Nc4ccc(OCc5nccs5)c(Cl)c4)c3c2)=N1.CN(C)CCC1COC(Cc2ccc3ncnc(Nc4ccc(OCc5cccc(F)c5)c(Cl)c4)c3c2)=N1.CN(C)CCC1COC(Cc2ccc3ncnc(Nc4ccc(OCc5ccccn5)c(Cl)c4)c3c2)=N1.Cc1ccc(Oc2ccc(Nc3ncnc4ccc(CC5=NC(CCN(C)C)CO5)cc34)cc2C)cn1. The van der Waals surface area contributed by atoms with Gasteiger partial charge in [0.05, 0.1) is 73.8 Å². The number of halogens is 4. The van der Waals surface area contributed by atoms with Crippen LogP contribution in [0.2, 0.25) is 15.1 Å². The van der Waals surface area contributed by atoms with E-state index >= 15 is 0 Å². The Balaban J connectivity index is 0.000000133. The number of hydrogen-bond acceptors (Lipinski definition) is 32. The highest BCUT2D eigenvalue weighted by molar-refractivity contribution is 7.09. The quantitative estimate of drug-likeness (QED) is 0.0241. The van der Waals surface area contributed by atoms with E-state index in [0.29, 0.717) is 127 Å². The zero-order valence-corrected chi connectivity index (χ0v) is 85.4. The van der Waals surface area contributed by atoms with Crippen molar-refractivity contribution < 1.29 is 47.4 Å². The van der Waals surface area contributed by atoms with E-state index in [1.807, 2.05) is 154 Å². The Morgan fingerprint density at radius 3 is 1.23 bits per heavy atom. The van der Waals surface area contributed by atoms with Crippen molar-refractivity contribution in [1.82, 2.24) is 69.5 Å². The molecule has 7 aromatic heterocycles. The van der Waals surface area contributed by atoms with E-state index in [0.717, 1.165) is 184 Å². The van der Waals surface area contributed by atoms with E-state index in [2.05, 4.69) is 168 Å². The fraction of sp³-hybridized carbons (Fsp3) is 0.282. The molecule has 36 heteroatoms. The van der Waals surface area contributed by atoms with Crippen molar-refractivity contribution >= 4 is 159 Å². The van der Waals surface area contributed by atoms with Crippen LogP contribution in [0.5, 0.6) is 28.7 Å². The third kappa shape index (κ3) is 28.9. The molecule has 4 aliphatic rings. The molecule has 0 fully saturated rings. The molecule has 0 spiro atoms. The second kappa shape index (κ2) is 49.2. The number of aromatic nitrogens is 11. The summed E-state index contributed by atoms with van der Waals surface area (Å²) in [5.74, 6) is 8.61. The van der Waals surface area contributed by atoms with Crippen LogP contribution < -0.4 is 40.2 Å². The van der Waals surface area contributed by atoms with Crippen molar-refractivity contribution in [2.45, 2.75) is 109 Å². The summed E-state index contributed by atoms with van der Waals surface area (Å²) < 4.78 is 60.1. The van der Waals surface area contributed by atoms with Crippen LogP contribution in [0.1, 0.15) is 76.0 Å². The van der Waals surface area contributed by atoms with Crippen LogP contribution in [0.25, 0.3) is 43.6 Å². The molecule has 0 aliphatic carbocycles. The molecule has 11 heterocycles. The maximum absolute atomic E-state index is 13.4. The number of nitrogens with zero attached hydrogens (tertiary/aromatic N) is 18. The molecule has 5 N–H and O–H groups in total. The largest absolute Gasteiger partial charge is 0.487 e. The lowest BCUT2D eigenvalue weighted by Crippen LogP contribution is -2.28. The van der Waals surface area contributed by atoms with Crippen LogP contribution in [0.15, 0.2) is 269 Å². The second-order valence-corrected chi connectivity index (χ2v) is 38.8. The van der Waals surface area contributed by atoms with Gasteiger partial charge in [0, 0.05) is 93.4 Å². The Bertz CT molecular complexity index is 7350. The van der Waals surface area contributed by atoms with Gasteiger partial charge in [0.15, 0.2) is 23.6 Å². The number of aryl methyl sites for hydroxylation is 2. The van der Waals surface area contributed by atoms with E-state index in [1.54, 1.807) is 61.6 Å². The van der Waals surface area contributed by atoms with Gasteiger partial charge < -0.3 is 79.0 Å².